The molecule has 1 atom stereocenters. The number of hydrogen-bond donors (Lipinski definition) is 1. The summed E-state index contributed by atoms with van der Waals surface area (Å²) in [6.45, 7) is 5.97. The number of carbonyl (C=O) groups excluding carboxylic acids is 1. The van der Waals surface area contributed by atoms with Crippen LogP contribution in [0.15, 0.2) is 46.9 Å². The zero-order valence-electron chi connectivity index (χ0n) is 13.3. The molecular weight excluding hydrogens is 378 g/mol. The van der Waals surface area contributed by atoms with Gasteiger partial charge in [0.1, 0.15) is 5.75 Å². The first-order valence-corrected chi connectivity index (χ1v) is 8.56. The highest BCUT2D eigenvalue weighted by atomic mass is 79.9. The number of halogens is 2. The van der Waals surface area contributed by atoms with Crippen LogP contribution in [0.5, 0.6) is 5.75 Å². The fourth-order valence-corrected chi connectivity index (χ4v) is 2.73. The van der Waals surface area contributed by atoms with Crippen LogP contribution in [0, 0.1) is 0 Å². The highest BCUT2D eigenvalue weighted by molar-refractivity contribution is 9.10. The lowest BCUT2D eigenvalue weighted by Gasteiger charge is -2.16. The van der Waals surface area contributed by atoms with Crippen molar-refractivity contribution in [2.75, 3.05) is 5.32 Å². The monoisotopic (exact) mass is 395 g/mol. The number of anilines is 1. The van der Waals surface area contributed by atoms with Crippen LogP contribution in [0.25, 0.3) is 0 Å². The predicted molar refractivity (Wildman–Crippen MR) is 98.4 cm³/mol. The third-order valence-corrected chi connectivity index (χ3v) is 4.22. The molecule has 3 nitrogen and oxygen atoms in total. The molecule has 0 fully saturated rings. The maximum Gasteiger partial charge on any atom is 0.265 e. The summed E-state index contributed by atoms with van der Waals surface area (Å²) in [4.78, 5) is 12.2. The standard InChI is InChI=1S/C18H19BrClNO2/c1-11(2)13-4-7-15(8-5-13)23-12(3)18(22)21-17-9-6-14(19)10-16(17)20/h4-12H,1-3H3,(H,21,22). The number of hydrogen-bond acceptors (Lipinski definition) is 2. The summed E-state index contributed by atoms with van der Waals surface area (Å²) >= 11 is 9.43. The largest absolute Gasteiger partial charge is 0.481 e. The van der Waals surface area contributed by atoms with Crippen molar-refractivity contribution in [3.63, 3.8) is 0 Å². The lowest BCUT2D eigenvalue weighted by Crippen LogP contribution is -2.30. The fourth-order valence-electron chi connectivity index (χ4n) is 2.01. The molecule has 0 heterocycles. The molecule has 0 aliphatic carbocycles. The van der Waals surface area contributed by atoms with Crippen molar-refractivity contribution in [3.05, 3.63) is 57.5 Å². The molecule has 0 aliphatic heterocycles. The third kappa shape index (κ3) is 4.98. The van der Waals surface area contributed by atoms with E-state index in [1.165, 1.54) is 5.56 Å². The summed E-state index contributed by atoms with van der Waals surface area (Å²) < 4.78 is 6.54. The number of benzene rings is 2. The number of amides is 1. The number of carbonyl (C=O) groups is 1. The van der Waals surface area contributed by atoms with E-state index in [-0.39, 0.29) is 5.91 Å². The van der Waals surface area contributed by atoms with E-state index in [9.17, 15) is 4.79 Å². The highest BCUT2D eigenvalue weighted by Gasteiger charge is 2.16. The molecule has 5 heteroatoms. The van der Waals surface area contributed by atoms with Gasteiger partial charge in [0, 0.05) is 4.47 Å². The predicted octanol–water partition coefficient (Wildman–Crippen LogP) is 5.63. The van der Waals surface area contributed by atoms with Crippen LogP contribution in [0.2, 0.25) is 5.02 Å². The van der Waals surface area contributed by atoms with Gasteiger partial charge in [-0.1, -0.05) is 53.5 Å². The van der Waals surface area contributed by atoms with Gasteiger partial charge >= 0.3 is 0 Å². The van der Waals surface area contributed by atoms with Crippen LogP contribution in [0.3, 0.4) is 0 Å². The summed E-state index contributed by atoms with van der Waals surface area (Å²) in [6, 6.07) is 13.1. The minimum absolute atomic E-state index is 0.248. The Bertz CT molecular complexity index is 686. The zero-order chi connectivity index (χ0) is 17.0. The molecule has 0 saturated heterocycles. The Kier molecular flexibility index (Phi) is 6.08. The van der Waals surface area contributed by atoms with E-state index in [0.717, 1.165) is 4.47 Å². The molecule has 122 valence electrons. The van der Waals surface area contributed by atoms with Gasteiger partial charge in [-0.15, -0.1) is 0 Å². The van der Waals surface area contributed by atoms with E-state index in [4.69, 9.17) is 16.3 Å². The number of ether oxygens (including phenoxy) is 1. The minimum atomic E-state index is -0.625. The van der Waals surface area contributed by atoms with Crippen molar-refractivity contribution in [3.8, 4) is 5.75 Å². The molecular formula is C18H19BrClNO2. The van der Waals surface area contributed by atoms with E-state index >= 15 is 0 Å². The molecule has 1 amide bonds. The van der Waals surface area contributed by atoms with Crippen molar-refractivity contribution in [2.45, 2.75) is 32.8 Å². The van der Waals surface area contributed by atoms with Gasteiger partial charge in [-0.2, -0.15) is 0 Å². The molecule has 1 unspecified atom stereocenters. The molecule has 0 bridgehead atoms. The number of nitrogens with one attached hydrogen (secondary N) is 1. The highest BCUT2D eigenvalue weighted by Crippen LogP contribution is 2.26. The van der Waals surface area contributed by atoms with Gasteiger partial charge in [-0.3, -0.25) is 4.79 Å². The van der Waals surface area contributed by atoms with Crippen LogP contribution < -0.4 is 10.1 Å². The minimum Gasteiger partial charge on any atom is -0.481 e. The second-order valence-electron chi connectivity index (χ2n) is 5.60. The quantitative estimate of drug-likeness (QED) is 0.711. The van der Waals surface area contributed by atoms with E-state index in [1.807, 2.05) is 30.3 Å². The molecule has 2 aromatic rings. The zero-order valence-corrected chi connectivity index (χ0v) is 15.6. The third-order valence-electron chi connectivity index (χ3n) is 3.42. The van der Waals surface area contributed by atoms with E-state index in [0.29, 0.717) is 22.4 Å². The van der Waals surface area contributed by atoms with Crippen molar-refractivity contribution in [2.24, 2.45) is 0 Å². The van der Waals surface area contributed by atoms with Crippen LogP contribution in [0.4, 0.5) is 5.69 Å². The van der Waals surface area contributed by atoms with Crippen molar-refractivity contribution >= 4 is 39.1 Å². The molecule has 0 spiro atoms. The Hall–Kier alpha value is -1.52. The molecule has 2 aromatic carbocycles. The van der Waals surface area contributed by atoms with Crippen LogP contribution >= 0.6 is 27.5 Å². The van der Waals surface area contributed by atoms with Gasteiger partial charge in [0.05, 0.1) is 10.7 Å². The number of rotatable bonds is 5. The Morgan fingerprint density at radius 1 is 1.13 bits per heavy atom. The van der Waals surface area contributed by atoms with Gasteiger partial charge in [0.2, 0.25) is 0 Å². The maximum absolute atomic E-state index is 12.2. The second-order valence-corrected chi connectivity index (χ2v) is 6.92. The Morgan fingerprint density at radius 3 is 2.35 bits per heavy atom. The lowest BCUT2D eigenvalue weighted by atomic mass is 10.0. The summed E-state index contributed by atoms with van der Waals surface area (Å²) in [6.07, 6.45) is -0.625. The van der Waals surface area contributed by atoms with Gasteiger partial charge in [0.25, 0.3) is 5.91 Å². The summed E-state index contributed by atoms with van der Waals surface area (Å²) in [5.74, 6) is 0.880. The smallest absolute Gasteiger partial charge is 0.265 e. The van der Waals surface area contributed by atoms with Crippen LogP contribution in [-0.4, -0.2) is 12.0 Å². The molecule has 23 heavy (non-hydrogen) atoms. The van der Waals surface area contributed by atoms with Gasteiger partial charge in [0.15, 0.2) is 6.10 Å². The topological polar surface area (TPSA) is 38.3 Å². The molecule has 0 aliphatic rings. The van der Waals surface area contributed by atoms with Crippen molar-refractivity contribution in [1.29, 1.82) is 0 Å². The average Bonchev–Trinajstić information content (AvgIpc) is 2.50. The SMILES string of the molecule is CC(Oc1ccc(C(C)C)cc1)C(=O)Nc1ccc(Br)cc1Cl. The van der Waals surface area contributed by atoms with Crippen LogP contribution in [0.1, 0.15) is 32.3 Å². The first-order valence-electron chi connectivity index (χ1n) is 7.39. The maximum atomic E-state index is 12.2. The molecule has 2 rings (SSSR count). The van der Waals surface area contributed by atoms with Crippen molar-refractivity contribution < 1.29 is 9.53 Å². The first-order chi connectivity index (χ1) is 10.9. The van der Waals surface area contributed by atoms with Gasteiger partial charge in [-0.05, 0) is 48.7 Å². The van der Waals surface area contributed by atoms with E-state index < -0.39 is 6.10 Å². The Morgan fingerprint density at radius 2 is 1.78 bits per heavy atom. The molecule has 0 saturated carbocycles. The van der Waals surface area contributed by atoms with Gasteiger partial charge < -0.3 is 10.1 Å². The summed E-state index contributed by atoms with van der Waals surface area (Å²) in [5, 5.41) is 3.24. The van der Waals surface area contributed by atoms with Crippen LogP contribution in [-0.2, 0) is 4.79 Å². The summed E-state index contributed by atoms with van der Waals surface area (Å²) in [7, 11) is 0. The molecule has 1 N–H and O–H groups in total. The van der Waals surface area contributed by atoms with E-state index in [1.54, 1.807) is 19.1 Å². The normalized spacial score (nSPS) is 12.1. The first kappa shape index (κ1) is 17.8. The molecule has 0 radical (unpaired) electrons. The summed E-state index contributed by atoms with van der Waals surface area (Å²) in [5.41, 5.74) is 1.79. The Labute approximate surface area is 150 Å². The van der Waals surface area contributed by atoms with Gasteiger partial charge in [-0.25, -0.2) is 0 Å². The Balaban J connectivity index is 1.99. The fraction of sp³-hybridized carbons (Fsp3) is 0.278. The second kappa shape index (κ2) is 7.84. The van der Waals surface area contributed by atoms with E-state index in [2.05, 4.69) is 35.1 Å². The lowest BCUT2D eigenvalue weighted by molar-refractivity contribution is -0.122. The molecule has 0 aromatic heterocycles. The average molecular weight is 397 g/mol. The van der Waals surface area contributed by atoms with Crippen molar-refractivity contribution in [1.82, 2.24) is 0 Å².